The Bertz CT molecular complexity index is 1880. The zero-order valence-electron chi connectivity index (χ0n) is 30.5. The quantitative estimate of drug-likeness (QED) is 0.248. The van der Waals surface area contributed by atoms with Crippen LogP contribution in [0.15, 0.2) is 35.1 Å². The number of imide groups is 1. The van der Waals surface area contributed by atoms with E-state index in [1.54, 1.807) is 18.2 Å². The first kappa shape index (κ1) is 36.8. The van der Waals surface area contributed by atoms with E-state index in [0.717, 1.165) is 77.8 Å². The minimum Gasteiger partial charge on any atom is -0.493 e. The van der Waals surface area contributed by atoms with E-state index in [4.69, 9.17) is 14.2 Å². The van der Waals surface area contributed by atoms with Crippen LogP contribution in [-0.4, -0.2) is 115 Å². The van der Waals surface area contributed by atoms with Gasteiger partial charge in [0.25, 0.3) is 5.56 Å². The van der Waals surface area contributed by atoms with Crippen LogP contribution in [0.3, 0.4) is 0 Å². The molecule has 0 unspecified atom stereocenters. The summed E-state index contributed by atoms with van der Waals surface area (Å²) in [6.45, 7) is 7.59. The molecule has 3 N–H and O–H groups in total. The summed E-state index contributed by atoms with van der Waals surface area (Å²) in [6.07, 6.45) is 6.26. The molecule has 54 heavy (non-hydrogen) atoms. The standard InChI is InChI=1S/C39H49F2N7O6/c40-30-17-25(42-32-2-4-36(49)45-38(32)50)1-3-34(30)47-13-7-26(8-14-47)48-20-27(21-48)46-11-5-24(6-12-46)22-53-29-18-31(41)37-33(19-29)43-35(44-39(37)51)23-54-28-9-15-52-16-10-28/h1,3,17-19,24,26-28,32,42H,2,4-16,20-23H2,(H,43,44,51)(H,45,49,50)/t32-/m1/s1. The Labute approximate surface area is 312 Å². The lowest BCUT2D eigenvalue weighted by Crippen LogP contribution is -2.64. The molecule has 5 aliphatic rings. The van der Waals surface area contributed by atoms with Crippen molar-refractivity contribution in [3.05, 3.63) is 58.1 Å². The lowest BCUT2D eigenvalue weighted by molar-refractivity contribution is -0.133. The molecule has 2 amide bonds. The van der Waals surface area contributed by atoms with E-state index in [9.17, 15) is 14.4 Å². The van der Waals surface area contributed by atoms with Crippen LogP contribution in [0.5, 0.6) is 5.75 Å². The highest BCUT2D eigenvalue weighted by atomic mass is 19.1. The van der Waals surface area contributed by atoms with Gasteiger partial charge in [0.05, 0.1) is 23.9 Å². The number of hydrogen-bond acceptors (Lipinski definition) is 11. The molecule has 0 spiro atoms. The van der Waals surface area contributed by atoms with Crippen LogP contribution in [-0.2, 0) is 25.7 Å². The fourth-order valence-electron chi connectivity index (χ4n) is 8.51. The van der Waals surface area contributed by atoms with E-state index in [1.165, 1.54) is 12.1 Å². The van der Waals surface area contributed by atoms with Crippen molar-refractivity contribution in [3.63, 3.8) is 0 Å². The normalized spacial score (nSPS) is 23.1. The third-order valence-corrected chi connectivity index (χ3v) is 11.8. The minimum absolute atomic E-state index is 0.0507. The highest BCUT2D eigenvalue weighted by Crippen LogP contribution is 2.32. The molecule has 3 aromatic rings. The number of benzene rings is 2. The zero-order valence-corrected chi connectivity index (χ0v) is 30.5. The Morgan fingerprint density at radius 1 is 0.870 bits per heavy atom. The number of piperidine rings is 3. The van der Waals surface area contributed by atoms with Crippen molar-refractivity contribution < 1.29 is 32.6 Å². The first-order chi connectivity index (χ1) is 26.3. The summed E-state index contributed by atoms with van der Waals surface area (Å²) < 4.78 is 47.5. The number of ether oxygens (including phenoxy) is 3. The second kappa shape index (κ2) is 16.3. The second-order valence-electron chi connectivity index (χ2n) is 15.4. The largest absolute Gasteiger partial charge is 0.493 e. The zero-order chi connectivity index (χ0) is 37.2. The molecule has 1 atom stereocenters. The maximum atomic E-state index is 15.2. The van der Waals surface area contributed by atoms with E-state index in [2.05, 4.69) is 35.3 Å². The van der Waals surface area contributed by atoms with Gasteiger partial charge in [0, 0.05) is 75.7 Å². The van der Waals surface area contributed by atoms with Gasteiger partial charge in [-0.2, -0.15) is 0 Å². The molecule has 0 radical (unpaired) electrons. The summed E-state index contributed by atoms with van der Waals surface area (Å²) in [5.41, 5.74) is 0.843. The number of nitrogens with one attached hydrogen (secondary N) is 3. The van der Waals surface area contributed by atoms with Crippen LogP contribution in [0.1, 0.15) is 57.2 Å². The SMILES string of the molecule is O=C1CC[C@@H](Nc2ccc(N3CCC(N4CC(N5CCC(COc6cc(F)c7c(=O)[nH]c(COC8CCOCC8)nc7c6)CC5)C4)CC3)c(F)c2)C(=O)N1. The summed E-state index contributed by atoms with van der Waals surface area (Å²) in [5, 5.41) is 5.30. The maximum absolute atomic E-state index is 15.2. The first-order valence-electron chi connectivity index (χ1n) is 19.4. The molecule has 6 heterocycles. The van der Waals surface area contributed by atoms with Gasteiger partial charge in [-0.05, 0) is 82.2 Å². The van der Waals surface area contributed by atoms with Gasteiger partial charge in [0.15, 0.2) is 0 Å². The van der Waals surface area contributed by atoms with Gasteiger partial charge >= 0.3 is 0 Å². The van der Waals surface area contributed by atoms with Gasteiger partial charge in [-0.1, -0.05) is 0 Å². The summed E-state index contributed by atoms with van der Waals surface area (Å²) in [7, 11) is 0. The second-order valence-corrected chi connectivity index (χ2v) is 15.4. The number of aromatic amines is 1. The highest BCUT2D eigenvalue weighted by molar-refractivity contribution is 6.01. The van der Waals surface area contributed by atoms with Gasteiger partial charge < -0.3 is 29.4 Å². The van der Waals surface area contributed by atoms with Crippen LogP contribution in [0.4, 0.5) is 20.2 Å². The summed E-state index contributed by atoms with van der Waals surface area (Å²) in [5.74, 6) is -0.520. The smallest absolute Gasteiger partial charge is 0.261 e. The highest BCUT2D eigenvalue weighted by Gasteiger charge is 2.38. The van der Waals surface area contributed by atoms with Crippen LogP contribution in [0.2, 0.25) is 0 Å². The van der Waals surface area contributed by atoms with Crippen molar-refractivity contribution in [1.82, 2.24) is 25.1 Å². The fraction of sp³-hybridized carbons (Fsp3) is 0.590. The molecule has 15 heteroatoms. The van der Waals surface area contributed by atoms with Gasteiger partial charge in [-0.15, -0.1) is 0 Å². The number of carbonyl (C=O) groups excluding carboxylic acids is 2. The molecule has 0 saturated carbocycles. The molecule has 5 saturated heterocycles. The molecule has 0 bridgehead atoms. The predicted molar refractivity (Wildman–Crippen MR) is 198 cm³/mol. The minimum atomic E-state index is -0.648. The number of hydrogen-bond donors (Lipinski definition) is 3. The number of H-pyrrole nitrogens is 1. The number of halogens is 2. The van der Waals surface area contributed by atoms with E-state index in [0.29, 0.717) is 67.2 Å². The van der Waals surface area contributed by atoms with Crippen molar-refractivity contribution >= 4 is 34.1 Å². The van der Waals surface area contributed by atoms with E-state index in [1.807, 2.05) is 0 Å². The number of aromatic nitrogens is 2. The summed E-state index contributed by atoms with van der Waals surface area (Å²) in [4.78, 5) is 50.6. The Balaban J connectivity index is 0.756. The average Bonchev–Trinajstić information content (AvgIpc) is 3.15. The first-order valence-corrected chi connectivity index (χ1v) is 19.4. The molecular formula is C39H49F2N7O6. The van der Waals surface area contributed by atoms with Gasteiger partial charge in [-0.3, -0.25) is 29.5 Å². The van der Waals surface area contributed by atoms with Crippen molar-refractivity contribution in [1.29, 1.82) is 0 Å². The molecule has 290 valence electrons. The van der Waals surface area contributed by atoms with Crippen molar-refractivity contribution in [3.8, 4) is 5.75 Å². The van der Waals surface area contributed by atoms with Crippen LogP contribution >= 0.6 is 0 Å². The number of amides is 2. The predicted octanol–water partition coefficient (Wildman–Crippen LogP) is 3.56. The number of fused-ring (bicyclic) bond motifs is 1. The van der Waals surface area contributed by atoms with Crippen LogP contribution in [0, 0.1) is 17.6 Å². The topological polar surface area (TPSA) is 141 Å². The maximum Gasteiger partial charge on any atom is 0.261 e. The van der Waals surface area contributed by atoms with E-state index < -0.39 is 17.4 Å². The van der Waals surface area contributed by atoms with Crippen molar-refractivity contribution in [2.45, 2.75) is 82.2 Å². The van der Waals surface area contributed by atoms with E-state index in [-0.39, 0.29) is 47.7 Å². The molecule has 5 fully saturated rings. The number of rotatable bonds is 11. The summed E-state index contributed by atoms with van der Waals surface area (Å²) >= 11 is 0. The van der Waals surface area contributed by atoms with Crippen LogP contribution < -0.4 is 25.8 Å². The Hall–Kier alpha value is -4.18. The molecule has 8 rings (SSSR count). The fourth-order valence-corrected chi connectivity index (χ4v) is 8.51. The Kier molecular flexibility index (Phi) is 11.1. The number of likely N-dealkylation sites (tertiary alicyclic amines) is 2. The lowest BCUT2D eigenvalue weighted by Gasteiger charge is -2.52. The number of nitrogens with zero attached hydrogens (tertiary/aromatic N) is 4. The molecule has 13 nitrogen and oxygen atoms in total. The number of anilines is 2. The van der Waals surface area contributed by atoms with Crippen molar-refractivity contribution in [2.75, 3.05) is 69.3 Å². The van der Waals surface area contributed by atoms with Gasteiger partial charge in [-0.25, -0.2) is 13.8 Å². The summed E-state index contributed by atoms with van der Waals surface area (Å²) in [6, 6.07) is 8.41. The average molecular weight is 750 g/mol. The molecular weight excluding hydrogens is 700 g/mol. The lowest BCUT2D eigenvalue weighted by atomic mass is 9.92. The third-order valence-electron chi connectivity index (χ3n) is 11.8. The van der Waals surface area contributed by atoms with Crippen LogP contribution in [0.25, 0.3) is 10.9 Å². The number of carbonyl (C=O) groups is 2. The molecule has 2 aromatic carbocycles. The molecule has 0 aliphatic carbocycles. The van der Waals surface area contributed by atoms with E-state index >= 15 is 8.78 Å². The molecule has 1 aromatic heterocycles. The monoisotopic (exact) mass is 749 g/mol. The van der Waals surface area contributed by atoms with Gasteiger partial charge in [0.2, 0.25) is 11.8 Å². The molecule has 5 aliphatic heterocycles. The third kappa shape index (κ3) is 8.38. The van der Waals surface area contributed by atoms with Gasteiger partial charge in [0.1, 0.15) is 41.2 Å². The Morgan fingerprint density at radius 2 is 1.65 bits per heavy atom. The van der Waals surface area contributed by atoms with Crippen molar-refractivity contribution in [2.24, 2.45) is 5.92 Å². The Morgan fingerprint density at radius 3 is 2.39 bits per heavy atom.